The summed E-state index contributed by atoms with van der Waals surface area (Å²) < 4.78 is 5.44. The van der Waals surface area contributed by atoms with Gasteiger partial charge in [-0.2, -0.15) is 0 Å². The van der Waals surface area contributed by atoms with Crippen molar-refractivity contribution < 1.29 is 19.4 Å². The number of nitrogens with one attached hydrogen (secondary N) is 1. The molecule has 1 N–H and O–H groups in total. The minimum Gasteiger partial charge on any atom is -0.544 e. The molecule has 1 aromatic carbocycles. The van der Waals surface area contributed by atoms with Crippen molar-refractivity contribution in [3.63, 3.8) is 0 Å². The average Bonchev–Trinajstić information content (AvgIpc) is 2.87. The monoisotopic (exact) mass is 387 g/mol. The zero-order valence-corrected chi connectivity index (χ0v) is 14.9. The van der Waals surface area contributed by atoms with E-state index in [-0.39, 0.29) is 30.4 Å². The number of carboxylic acid groups (broad SMARTS) is 1. The van der Waals surface area contributed by atoms with E-state index in [4.69, 9.17) is 27.9 Å². The zero-order chi connectivity index (χ0) is 17.7. The molecular weight excluding hydrogens is 375 g/mol. The lowest BCUT2D eigenvalue weighted by atomic mass is 10.3. The van der Waals surface area contributed by atoms with E-state index in [0.29, 0.717) is 26.5 Å². The molecule has 0 aliphatic carbocycles. The molecule has 24 heavy (non-hydrogen) atoms. The molecule has 0 atom stereocenters. The van der Waals surface area contributed by atoms with Gasteiger partial charge in [0.1, 0.15) is 17.4 Å². The molecule has 1 aromatic heterocycles. The van der Waals surface area contributed by atoms with Gasteiger partial charge >= 0.3 is 0 Å². The van der Waals surface area contributed by atoms with Crippen LogP contribution in [-0.2, 0) is 11.2 Å². The van der Waals surface area contributed by atoms with Crippen molar-refractivity contribution in [3.05, 3.63) is 43.8 Å². The summed E-state index contributed by atoms with van der Waals surface area (Å²) in [6.45, 7) is 2.04. The van der Waals surface area contributed by atoms with E-state index < -0.39 is 5.97 Å². The van der Waals surface area contributed by atoms with Crippen LogP contribution in [0.2, 0.25) is 10.0 Å². The lowest BCUT2D eigenvalue weighted by Crippen LogP contribution is -2.29. The van der Waals surface area contributed by atoms with Crippen LogP contribution >= 0.6 is 34.5 Å². The standard InChI is InChI=1S/C15H14Cl2N2O4S/c1-8-14(15(21)22)24-13(19-8)7-12(20)18-4-5-23-11-6-9(16)2-3-10(11)17/h2-3,6H,4-5,7H2,1H3,(H,18,20)(H,21,22)/p-1. The van der Waals surface area contributed by atoms with E-state index in [1.54, 1.807) is 25.1 Å². The first-order valence-corrected chi connectivity index (χ1v) is 8.46. The number of aromatic carboxylic acids is 1. The smallest absolute Gasteiger partial charge is 0.226 e. The summed E-state index contributed by atoms with van der Waals surface area (Å²) in [5.41, 5.74) is 0.349. The number of hydrogen-bond acceptors (Lipinski definition) is 6. The van der Waals surface area contributed by atoms with E-state index >= 15 is 0 Å². The van der Waals surface area contributed by atoms with Crippen LogP contribution in [0.5, 0.6) is 5.75 Å². The number of hydrogen-bond donors (Lipinski definition) is 1. The van der Waals surface area contributed by atoms with E-state index in [1.165, 1.54) is 0 Å². The van der Waals surface area contributed by atoms with Crippen LogP contribution in [0.15, 0.2) is 18.2 Å². The Bertz CT molecular complexity index is 764. The molecule has 0 saturated heterocycles. The molecular formula is C15H13Cl2N2O4S-. The molecule has 2 rings (SSSR count). The first-order valence-electron chi connectivity index (χ1n) is 6.89. The summed E-state index contributed by atoms with van der Waals surface area (Å²) in [6.07, 6.45) is -0.00327. The Morgan fingerprint density at radius 2 is 2.12 bits per heavy atom. The molecule has 0 unspecified atom stereocenters. The Hall–Kier alpha value is -1.83. The van der Waals surface area contributed by atoms with Crippen LogP contribution in [0.1, 0.15) is 20.4 Å². The van der Waals surface area contributed by atoms with Crippen LogP contribution in [0.25, 0.3) is 0 Å². The number of carbonyl (C=O) groups is 2. The summed E-state index contributed by atoms with van der Waals surface area (Å²) in [5.74, 6) is -1.13. The zero-order valence-electron chi connectivity index (χ0n) is 12.6. The van der Waals surface area contributed by atoms with Crippen molar-refractivity contribution in [2.75, 3.05) is 13.2 Å². The Balaban J connectivity index is 1.78. The van der Waals surface area contributed by atoms with Crippen LogP contribution in [0, 0.1) is 6.92 Å². The van der Waals surface area contributed by atoms with Crippen LogP contribution in [0.4, 0.5) is 0 Å². The number of thiazole rings is 1. The topological polar surface area (TPSA) is 91.3 Å². The van der Waals surface area contributed by atoms with E-state index in [9.17, 15) is 14.7 Å². The van der Waals surface area contributed by atoms with Gasteiger partial charge in [0, 0.05) is 11.1 Å². The molecule has 6 nitrogen and oxygen atoms in total. The van der Waals surface area contributed by atoms with Crippen LogP contribution < -0.4 is 15.2 Å². The van der Waals surface area contributed by atoms with Crippen molar-refractivity contribution in [2.45, 2.75) is 13.3 Å². The van der Waals surface area contributed by atoms with Crippen molar-refractivity contribution in [2.24, 2.45) is 0 Å². The molecule has 1 amide bonds. The van der Waals surface area contributed by atoms with Gasteiger partial charge in [-0.3, -0.25) is 4.79 Å². The maximum absolute atomic E-state index is 11.8. The van der Waals surface area contributed by atoms with Gasteiger partial charge < -0.3 is 20.0 Å². The first-order chi connectivity index (χ1) is 11.4. The second-order valence-electron chi connectivity index (χ2n) is 4.76. The predicted molar refractivity (Wildman–Crippen MR) is 89.9 cm³/mol. The van der Waals surface area contributed by atoms with Gasteiger partial charge in [0.25, 0.3) is 0 Å². The fourth-order valence-corrected chi connectivity index (χ4v) is 3.09. The van der Waals surface area contributed by atoms with Crippen molar-refractivity contribution in [1.82, 2.24) is 10.3 Å². The Morgan fingerprint density at radius 1 is 1.38 bits per heavy atom. The Kier molecular flexibility index (Phi) is 6.42. The third-order valence-corrected chi connectivity index (χ3v) is 4.60. The van der Waals surface area contributed by atoms with Gasteiger partial charge in [-0.05, 0) is 19.1 Å². The maximum Gasteiger partial charge on any atom is 0.226 e. The number of nitrogens with zero attached hydrogens (tertiary/aromatic N) is 1. The number of halogens is 2. The maximum atomic E-state index is 11.8. The highest BCUT2D eigenvalue weighted by Crippen LogP contribution is 2.27. The lowest BCUT2D eigenvalue weighted by Gasteiger charge is -2.09. The minimum atomic E-state index is -1.29. The largest absolute Gasteiger partial charge is 0.544 e. The Morgan fingerprint density at radius 3 is 2.79 bits per heavy atom. The average molecular weight is 388 g/mol. The molecule has 0 saturated carbocycles. The molecule has 0 aliphatic heterocycles. The third kappa shape index (κ3) is 5.09. The Labute approximate surface area is 152 Å². The number of aromatic nitrogens is 1. The summed E-state index contributed by atoms with van der Waals surface area (Å²) >= 11 is 12.7. The SMILES string of the molecule is Cc1nc(CC(=O)NCCOc2cc(Cl)ccc2Cl)sc1C(=O)[O-]. The highest BCUT2D eigenvalue weighted by molar-refractivity contribution is 7.13. The third-order valence-electron chi connectivity index (χ3n) is 2.91. The second kappa shape index (κ2) is 8.32. The van der Waals surface area contributed by atoms with Crippen molar-refractivity contribution in [1.29, 1.82) is 0 Å². The highest BCUT2D eigenvalue weighted by atomic mass is 35.5. The molecule has 0 bridgehead atoms. The van der Waals surface area contributed by atoms with Crippen LogP contribution in [0.3, 0.4) is 0 Å². The van der Waals surface area contributed by atoms with Gasteiger partial charge in [-0.25, -0.2) is 4.98 Å². The molecule has 0 spiro atoms. The van der Waals surface area contributed by atoms with Gasteiger partial charge in [0.2, 0.25) is 5.91 Å². The number of carboxylic acids is 1. The molecule has 0 radical (unpaired) electrons. The summed E-state index contributed by atoms with van der Waals surface area (Å²) in [5, 5.41) is 14.8. The fraction of sp³-hybridized carbons (Fsp3) is 0.267. The summed E-state index contributed by atoms with van der Waals surface area (Å²) in [4.78, 5) is 26.7. The minimum absolute atomic E-state index is 0.00327. The van der Waals surface area contributed by atoms with E-state index in [2.05, 4.69) is 10.3 Å². The van der Waals surface area contributed by atoms with Crippen molar-refractivity contribution in [3.8, 4) is 5.75 Å². The number of carbonyl (C=O) groups excluding carboxylic acids is 2. The van der Waals surface area contributed by atoms with E-state index in [0.717, 1.165) is 11.3 Å². The number of aryl methyl sites for hydroxylation is 1. The molecule has 2 aromatic rings. The molecule has 128 valence electrons. The van der Waals surface area contributed by atoms with E-state index in [1.807, 2.05) is 0 Å². The number of rotatable bonds is 7. The van der Waals surface area contributed by atoms with Gasteiger partial charge in [0.05, 0.1) is 34.5 Å². The molecule has 1 heterocycles. The predicted octanol–water partition coefficient (Wildman–Crippen LogP) is 1.86. The van der Waals surface area contributed by atoms with Crippen LogP contribution in [-0.4, -0.2) is 30.0 Å². The second-order valence-corrected chi connectivity index (χ2v) is 6.69. The highest BCUT2D eigenvalue weighted by Gasteiger charge is 2.12. The van der Waals surface area contributed by atoms with Gasteiger partial charge in [-0.15, -0.1) is 11.3 Å². The lowest BCUT2D eigenvalue weighted by molar-refractivity contribution is -0.254. The molecule has 0 fully saturated rings. The molecule has 9 heteroatoms. The number of amides is 1. The first kappa shape index (κ1) is 18.5. The van der Waals surface area contributed by atoms with Gasteiger partial charge in [0.15, 0.2) is 0 Å². The number of ether oxygens (including phenoxy) is 1. The fourth-order valence-electron chi connectivity index (χ4n) is 1.86. The van der Waals surface area contributed by atoms with Gasteiger partial charge in [-0.1, -0.05) is 23.2 Å². The summed E-state index contributed by atoms with van der Waals surface area (Å²) in [7, 11) is 0. The quantitative estimate of drug-likeness (QED) is 0.732. The summed E-state index contributed by atoms with van der Waals surface area (Å²) in [6, 6.07) is 4.86. The number of benzene rings is 1. The normalized spacial score (nSPS) is 10.5. The van der Waals surface area contributed by atoms with Crippen molar-refractivity contribution >= 4 is 46.4 Å². The molecule has 0 aliphatic rings.